The van der Waals surface area contributed by atoms with Crippen LogP contribution in [-0.4, -0.2) is 57.2 Å². The van der Waals surface area contributed by atoms with Crippen LogP contribution in [0, 0.1) is 5.92 Å². The lowest BCUT2D eigenvalue weighted by Crippen LogP contribution is -2.41. The van der Waals surface area contributed by atoms with Gasteiger partial charge in [0.05, 0.1) is 6.67 Å². The third kappa shape index (κ3) is 10.4. The van der Waals surface area contributed by atoms with Crippen molar-refractivity contribution in [3.8, 4) is 0 Å². The van der Waals surface area contributed by atoms with Gasteiger partial charge in [-0.1, -0.05) is 33.1 Å². The highest BCUT2D eigenvalue weighted by atomic mass is 19.1. The third-order valence-corrected chi connectivity index (χ3v) is 3.58. The number of hydrogen-bond donors (Lipinski definition) is 2. The molecular formula is C16H33FN4O. The summed E-state index contributed by atoms with van der Waals surface area (Å²) in [5, 5.41) is 6.36. The number of amides is 1. The summed E-state index contributed by atoms with van der Waals surface area (Å²) in [5.41, 5.74) is 0. The number of carbonyl (C=O) groups excluding carboxylic acids is 1. The fraction of sp³-hybridized carbons (Fsp3) is 0.875. The molecule has 1 atom stereocenters. The molecule has 0 radical (unpaired) electrons. The smallest absolute Gasteiger partial charge is 0.243 e. The van der Waals surface area contributed by atoms with E-state index in [1.54, 1.807) is 14.1 Å². The average molecular weight is 316 g/mol. The van der Waals surface area contributed by atoms with E-state index in [1.807, 2.05) is 0 Å². The van der Waals surface area contributed by atoms with Gasteiger partial charge in [-0.15, -0.1) is 0 Å². The first-order chi connectivity index (χ1) is 10.5. The number of hydrogen-bond acceptors (Lipinski definition) is 2. The van der Waals surface area contributed by atoms with Crippen LogP contribution in [0.5, 0.6) is 0 Å². The first-order valence-electron chi connectivity index (χ1n) is 8.33. The summed E-state index contributed by atoms with van der Waals surface area (Å²) in [6.07, 6.45) is 5.16. The molecule has 5 nitrogen and oxygen atoms in total. The second-order valence-electron chi connectivity index (χ2n) is 5.72. The molecule has 0 bridgehead atoms. The largest absolute Gasteiger partial charge is 0.356 e. The number of alkyl halides is 1. The number of unbranched alkanes of at least 4 members (excludes halogenated alkanes) is 1. The fourth-order valence-electron chi connectivity index (χ4n) is 1.92. The minimum absolute atomic E-state index is 0.0513. The molecule has 0 fully saturated rings. The van der Waals surface area contributed by atoms with E-state index in [0.29, 0.717) is 24.8 Å². The molecule has 1 unspecified atom stereocenters. The number of aliphatic imine (C=N–C) groups is 1. The number of likely N-dealkylation sites (N-methyl/N-ethyl adjacent to an activating group) is 1. The van der Waals surface area contributed by atoms with E-state index in [4.69, 9.17) is 0 Å². The Labute approximate surface area is 134 Å². The molecule has 6 heteroatoms. The van der Waals surface area contributed by atoms with Crippen LogP contribution in [0.1, 0.15) is 46.0 Å². The van der Waals surface area contributed by atoms with Crippen molar-refractivity contribution < 1.29 is 9.18 Å². The van der Waals surface area contributed by atoms with Gasteiger partial charge in [0.25, 0.3) is 0 Å². The number of nitrogens with zero attached hydrogens (tertiary/aromatic N) is 2. The Bertz CT molecular complexity index is 321. The molecule has 0 aromatic carbocycles. The zero-order chi connectivity index (χ0) is 16.8. The lowest BCUT2D eigenvalue weighted by molar-refractivity contribution is -0.127. The van der Waals surface area contributed by atoms with Crippen molar-refractivity contribution in [2.75, 3.05) is 40.4 Å². The predicted octanol–water partition coefficient (Wildman–Crippen LogP) is 2.19. The van der Waals surface area contributed by atoms with Crippen LogP contribution < -0.4 is 10.6 Å². The fourth-order valence-corrected chi connectivity index (χ4v) is 1.92. The van der Waals surface area contributed by atoms with E-state index in [1.165, 1.54) is 24.2 Å². The first-order valence-corrected chi connectivity index (χ1v) is 8.33. The Morgan fingerprint density at radius 1 is 1.23 bits per heavy atom. The van der Waals surface area contributed by atoms with Gasteiger partial charge >= 0.3 is 0 Å². The predicted molar refractivity (Wildman–Crippen MR) is 90.9 cm³/mol. The topological polar surface area (TPSA) is 56.7 Å². The molecule has 0 heterocycles. The molecule has 0 saturated heterocycles. The van der Waals surface area contributed by atoms with Crippen molar-refractivity contribution in [3.05, 3.63) is 0 Å². The normalized spacial score (nSPS) is 12.9. The summed E-state index contributed by atoms with van der Waals surface area (Å²) in [5.74, 6) is 1.14. The maximum Gasteiger partial charge on any atom is 0.243 e. The number of rotatable bonds is 11. The van der Waals surface area contributed by atoms with Gasteiger partial charge in [-0.2, -0.15) is 0 Å². The van der Waals surface area contributed by atoms with E-state index >= 15 is 0 Å². The van der Waals surface area contributed by atoms with E-state index in [9.17, 15) is 9.18 Å². The Balaban J connectivity index is 4.43. The van der Waals surface area contributed by atoms with Gasteiger partial charge in [-0.3, -0.25) is 9.18 Å². The number of nitrogens with one attached hydrogen (secondary N) is 2. The second-order valence-corrected chi connectivity index (χ2v) is 5.72. The Kier molecular flexibility index (Phi) is 12.5. The minimum Gasteiger partial charge on any atom is -0.356 e. The summed E-state index contributed by atoms with van der Waals surface area (Å²) in [4.78, 5) is 17.4. The van der Waals surface area contributed by atoms with Crippen molar-refractivity contribution in [1.29, 1.82) is 0 Å². The molecule has 0 aromatic rings. The van der Waals surface area contributed by atoms with Crippen LogP contribution in [0.3, 0.4) is 0 Å². The van der Waals surface area contributed by atoms with Gasteiger partial charge in [0.1, 0.15) is 6.54 Å². The van der Waals surface area contributed by atoms with Crippen molar-refractivity contribution >= 4 is 11.9 Å². The van der Waals surface area contributed by atoms with Crippen LogP contribution in [0.25, 0.3) is 0 Å². The Morgan fingerprint density at radius 3 is 2.50 bits per heavy atom. The SMILES string of the molecule is CCCCC(CC)CNC(=NCC(=O)N(C)C)NCCCF. The van der Waals surface area contributed by atoms with Crippen LogP contribution in [0.2, 0.25) is 0 Å². The van der Waals surface area contributed by atoms with Gasteiger partial charge < -0.3 is 15.5 Å². The van der Waals surface area contributed by atoms with Gasteiger partial charge in [-0.25, -0.2) is 4.99 Å². The maximum atomic E-state index is 12.2. The molecule has 0 aliphatic heterocycles. The average Bonchev–Trinajstić information content (AvgIpc) is 2.51. The monoisotopic (exact) mass is 316 g/mol. The number of guanidine groups is 1. The van der Waals surface area contributed by atoms with Crippen LogP contribution in [0.4, 0.5) is 4.39 Å². The van der Waals surface area contributed by atoms with Crippen molar-refractivity contribution in [2.45, 2.75) is 46.0 Å². The number of carbonyl (C=O) groups is 1. The molecule has 2 N–H and O–H groups in total. The second kappa shape index (κ2) is 13.3. The summed E-state index contributed by atoms with van der Waals surface area (Å²) >= 11 is 0. The van der Waals surface area contributed by atoms with E-state index < -0.39 is 0 Å². The van der Waals surface area contributed by atoms with Gasteiger partial charge in [0, 0.05) is 27.2 Å². The molecule has 0 aliphatic rings. The van der Waals surface area contributed by atoms with E-state index in [-0.39, 0.29) is 19.1 Å². The summed E-state index contributed by atoms with van der Waals surface area (Å²) in [6.45, 7) is 5.47. The summed E-state index contributed by atoms with van der Waals surface area (Å²) < 4.78 is 12.2. The van der Waals surface area contributed by atoms with Crippen molar-refractivity contribution in [2.24, 2.45) is 10.9 Å². The Hall–Kier alpha value is -1.33. The van der Waals surface area contributed by atoms with Gasteiger partial charge in [-0.05, 0) is 18.8 Å². The highest BCUT2D eigenvalue weighted by Crippen LogP contribution is 2.10. The van der Waals surface area contributed by atoms with Crippen LogP contribution in [-0.2, 0) is 4.79 Å². The zero-order valence-electron chi connectivity index (χ0n) is 14.6. The molecule has 0 spiro atoms. The molecule has 0 saturated carbocycles. The first kappa shape index (κ1) is 20.7. The standard InChI is InChI=1S/C16H33FN4O/c1-5-7-9-14(6-2)12-19-16(18-11-8-10-17)20-13-15(22)21(3)4/h14H,5-13H2,1-4H3,(H2,18,19,20). The van der Waals surface area contributed by atoms with E-state index in [2.05, 4.69) is 29.5 Å². The lowest BCUT2D eigenvalue weighted by Gasteiger charge is -2.18. The molecule has 0 aromatic heterocycles. The molecule has 0 rings (SSSR count). The highest BCUT2D eigenvalue weighted by molar-refractivity contribution is 5.84. The summed E-state index contributed by atoms with van der Waals surface area (Å²) in [6, 6.07) is 0. The third-order valence-electron chi connectivity index (χ3n) is 3.58. The minimum atomic E-state index is -0.356. The molecule has 22 heavy (non-hydrogen) atoms. The molecule has 130 valence electrons. The zero-order valence-corrected chi connectivity index (χ0v) is 14.6. The van der Waals surface area contributed by atoms with Crippen molar-refractivity contribution in [3.63, 3.8) is 0 Å². The van der Waals surface area contributed by atoms with Crippen LogP contribution >= 0.6 is 0 Å². The highest BCUT2D eigenvalue weighted by Gasteiger charge is 2.08. The van der Waals surface area contributed by atoms with Gasteiger partial charge in [0.15, 0.2) is 5.96 Å². The molecule has 1 amide bonds. The van der Waals surface area contributed by atoms with Crippen molar-refractivity contribution in [1.82, 2.24) is 15.5 Å². The lowest BCUT2D eigenvalue weighted by atomic mass is 9.99. The summed E-state index contributed by atoms with van der Waals surface area (Å²) in [7, 11) is 3.42. The number of halogens is 1. The van der Waals surface area contributed by atoms with Crippen LogP contribution in [0.15, 0.2) is 4.99 Å². The van der Waals surface area contributed by atoms with E-state index in [0.717, 1.165) is 13.0 Å². The molecular weight excluding hydrogens is 283 g/mol. The maximum absolute atomic E-state index is 12.2. The van der Waals surface area contributed by atoms with Gasteiger partial charge in [0.2, 0.25) is 5.91 Å². The quantitative estimate of drug-likeness (QED) is 0.349. The molecule has 0 aliphatic carbocycles. The Morgan fingerprint density at radius 2 is 1.95 bits per heavy atom.